The van der Waals surface area contributed by atoms with Crippen LogP contribution in [0.4, 0.5) is 13.2 Å². The fraction of sp³-hybridized carbons (Fsp3) is 0.450. The summed E-state index contributed by atoms with van der Waals surface area (Å²) < 4.78 is 40.7. The van der Waals surface area contributed by atoms with E-state index in [0.717, 1.165) is 24.2 Å². The number of piperidine rings is 1. The molecule has 3 rings (SSSR count). The summed E-state index contributed by atoms with van der Waals surface area (Å²) >= 11 is 2.17. The molecule has 2 aromatic rings. The summed E-state index contributed by atoms with van der Waals surface area (Å²) in [4.78, 5) is 19.3. The van der Waals surface area contributed by atoms with Gasteiger partial charge < -0.3 is 4.90 Å². The molecule has 0 spiro atoms. The smallest absolute Gasteiger partial charge is 0.341 e. The van der Waals surface area contributed by atoms with Crippen molar-refractivity contribution in [3.05, 3.63) is 34.7 Å². The fourth-order valence-corrected chi connectivity index (χ4v) is 5.19. The number of hydrogen-bond donors (Lipinski definition) is 0. The third-order valence-corrected chi connectivity index (χ3v) is 6.58. The van der Waals surface area contributed by atoms with Crippen molar-refractivity contribution in [3.8, 4) is 16.6 Å². The second kappa shape index (κ2) is 8.76. The van der Waals surface area contributed by atoms with Gasteiger partial charge in [-0.05, 0) is 35.8 Å². The van der Waals surface area contributed by atoms with Crippen LogP contribution in [0.3, 0.4) is 0 Å². The van der Waals surface area contributed by atoms with Gasteiger partial charge >= 0.3 is 6.18 Å². The van der Waals surface area contributed by atoms with Crippen LogP contribution in [0.15, 0.2) is 28.6 Å². The van der Waals surface area contributed by atoms with Crippen molar-refractivity contribution in [1.29, 1.82) is 5.26 Å². The molecule has 1 aliphatic rings. The highest BCUT2D eigenvalue weighted by Crippen LogP contribution is 2.38. The number of carbonyl (C=O) groups is 1. The number of hydrogen-bond acceptors (Lipinski definition) is 5. The maximum Gasteiger partial charge on any atom is 0.417 e. The Morgan fingerprint density at radius 3 is 2.62 bits per heavy atom. The molecule has 3 heterocycles. The van der Waals surface area contributed by atoms with Gasteiger partial charge in [-0.25, -0.2) is 4.98 Å². The van der Waals surface area contributed by atoms with Crippen LogP contribution in [0.2, 0.25) is 0 Å². The molecule has 1 aliphatic heterocycles. The summed E-state index contributed by atoms with van der Waals surface area (Å²) in [6.07, 6.45) is -3.63. The molecule has 29 heavy (non-hydrogen) atoms. The number of thioether (sulfide) groups is 1. The van der Waals surface area contributed by atoms with Crippen molar-refractivity contribution in [2.75, 3.05) is 18.8 Å². The highest BCUT2D eigenvalue weighted by atomic mass is 32.2. The SMILES string of the molecule is C[C@@H]1C[C@@H](C)CN(C(=O)CSc2nc(-c3cccs3)cc(C(F)(F)F)c2C#N)C1. The third-order valence-electron chi connectivity index (χ3n) is 4.73. The molecule has 0 aromatic carbocycles. The zero-order valence-corrected chi connectivity index (χ0v) is 17.6. The van der Waals surface area contributed by atoms with Gasteiger partial charge in [0, 0.05) is 13.1 Å². The Balaban J connectivity index is 1.88. The Hall–Kier alpha value is -2.05. The first-order chi connectivity index (χ1) is 13.7. The lowest BCUT2D eigenvalue weighted by Gasteiger charge is -2.35. The number of thiophene rings is 1. The Morgan fingerprint density at radius 2 is 2.07 bits per heavy atom. The Kier molecular flexibility index (Phi) is 6.54. The quantitative estimate of drug-likeness (QED) is 0.607. The zero-order valence-electron chi connectivity index (χ0n) is 16.0. The predicted molar refractivity (Wildman–Crippen MR) is 108 cm³/mol. The van der Waals surface area contributed by atoms with Gasteiger partial charge in [-0.1, -0.05) is 31.7 Å². The van der Waals surface area contributed by atoms with E-state index >= 15 is 0 Å². The number of rotatable bonds is 4. The molecule has 4 nitrogen and oxygen atoms in total. The second-order valence-corrected chi connectivity index (χ2v) is 9.27. The van der Waals surface area contributed by atoms with Gasteiger partial charge in [0.2, 0.25) is 5.91 Å². The molecule has 0 radical (unpaired) electrons. The standard InChI is InChI=1S/C20H20F3N3OS2/c1-12-6-13(2)10-26(9-12)18(27)11-29-19-14(8-24)15(20(21,22)23)7-16(25-19)17-4-3-5-28-17/h3-5,7,12-13H,6,9-11H2,1-2H3/t12-,13-/m1/s1. The Bertz CT molecular complexity index is 912. The van der Waals surface area contributed by atoms with Crippen LogP contribution in [-0.2, 0) is 11.0 Å². The number of nitriles is 1. The van der Waals surface area contributed by atoms with Crippen LogP contribution in [0.1, 0.15) is 31.4 Å². The zero-order chi connectivity index (χ0) is 21.2. The molecule has 9 heteroatoms. The van der Waals surface area contributed by atoms with Crippen molar-refractivity contribution in [2.24, 2.45) is 11.8 Å². The van der Waals surface area contributed by atoms with Gasteiger partial charge in [-0.15, -0.1) is 11.3 Å². The summed E-state index contributed by atoms with van der Waals surface area (Å²) in [7, 11) is 0. The van der Waals surface area contributed by atoms with E-state index < -0.39 is 17.3 Å². The molecule has 1 amide bonds. The van der Waals surface area contributed by atoms with Gasteiger partial charge in [0.05, 0.1) is 27.5 Å². The van der Waals surface area contributed by atoms with Crippen molar-refractivity contribution >= 4 is 29.0 Å². The van der Waals surface area contributed by atoms with E-state index in [-0.39, 0.29) is 22.4 Å². The number of pyridine rings is 1. The van der Waals surface area contributed by atoms with Crippen molar-refractivity contribution in [2.45, 2.75) is 31.5 Å². The number of aromatic nitrogens is 1. The van der Waals surface area contributed by atoms with Crippen LogP contribution in [0.25, 0.3) is 10.6 Å². The molecule has 1 saturated heterocycles. The monoisotopic (exact) mass is 439 g/mol. The van der Waals surface area contributed by atoms with E-state index in [4.69, 9.17) is 0 Å². The molecule has 0 bridgehead atoms. The Morgan fingerprint density at radius 1 is 1.38 bits per heavy atom. The summed E-state index contributed by atoms with van der Waals surface area (Å²) in [6.45, 7) is 5.45. The highest BCUT2D eigenvalue weighted by Gasteiger charge is 2.36. The maximum atomic E-state index is 13.6. The summed E-state index contributed by atoms with van der Waals surface area (Å²) in [5.74, 6) is 0.583. The van der Waals surface area contributed by atoms with Crippen LogP contribution < -0.4 is 0 Å². The first-order valence-corrected chi connectivity index (χ1v) is 11.0. The van der Waals surface area contributed by atoms with E-state index in [1.807, 2.05) is 0 Å². The lowest BCUT2D eigenvalue weighted by Crippen LogP contribution is -2.43. The van der Waals surface area contributed by atoms with Gasteiger partial charge in [0.15, 0.2) is 0 Å². The molecule has 0 N–H and O–H groups in total. The Labute approximate surface area is 175 Å². The van der Waals surface area contributed by atoms with Gasteiger partial charge in [-0.3, -0.25) is 4.79 Å². The van der Waals surface area contributed by atoms with E-state index in [1.54, 1.807) is 28.5 Å². The number of amides is 1. The number of alkyl halides is 3. The number of carbonyl (C=O) groups excluding carboxylic acids is 1. The first kappa shape index (κ1) is 21.7. The van der Waals surface area contributed by atoms with E-state index in [9.17, 15) is 23.2 Å². The van der Waals surface area contributed by atoms with Crippen LogP contribution >= 0.6 is 23.1 Å². The van der Waals surface area contributed by atoms with Crippen molar-refractivity contribution < 1.29 is 18.0 Å². The minimum atomic E-state index is -4.68. The summed E-state index contributed by atoms with van der Waals surface area (Å²) in [5, 5.41) is 11.1. The molecule has 154 valence electrons. The van der Waals surface area contributed by atoms with E-state index in [0.29, 0.717) is 29.8 Å². The van der Waals surface area contributed by atoms with Crippen LogP contribution in [-0.4, -0.2) is 34.6 Å². The number of nitrogens with zero attached hydrogens (tertiary/aromatic N) is 3. The average molecular weight is 440 g/mol. The minimum absolute atomic E-state index is 0.0493. The predicted octanol–water partition coefficient (Wildman–Crippen LogP) is 5.30. The largest absolute Gasteiger partial charge is 0.417 e. The van der Waals surface area contributed by atoms with Crippen molar-refractivity contribution in [3.63, 3.8) is 0 Å². The topological polar surface area (TPSA) is 57.0 Å². The normalized spacial score (nSPS) is 19.8. The van der Waals surface area contributed by atoms with Gasteiger partial charge in [0.25, 0.3) is 0 Å². The summed E-state index contributed by atoms with van der Waals surface area (Å²) in [5.41, 5.74) is -1.40. The second-order valence-electron chi connectivity index (χ2n) is 7.36. The average Bonchev–Trinajstić information content (AvgIpc) is 3.18. The van der Waals surface area contributed by atoms with Crippen LogP contribution in [0, 0.1) is 23.2 Å². The highest BCUT2D eigenvalue weighted by molar-refractivity contribution is 8.00. The lowest BCUT2D eigenvalue weighted by molar-refractivity contribution is -0.138. The molecule has 2 aromatic heterocycles. The van der Waals surface area contributed by atoms with E-state index in [2.05, 4.69) is 18.8 Å². The first-order valence-electron chi connectivity index (χ1n) is 9.15. The number of halogens is 3. The maximum absolute atomic E-state index is 13.6. The van der Waals surface area contributed by atoms with Gasteiger partial charge in [-0.2, -0.15) is 18.4 Å². The molecule has 0 aliphatic carbocycles. The third kappa shape index (κ3) is 5.11. The van der Waals surface area contributed by atoms with Crippen LogP contribution in [0.5, 0.6) is 0 Å². The summed E-state index contributed by atoms with van der Waals surface area (Å²) in [6, 6.07) is 5.94. The molecular formula is C20H20F3N3OS2. The molecule has 0 unspecified atom stereocenters. The van der Waals surface area contributed by atoms with Crippen molar-refractivity contribution in [1.82, 2.24) is 9.88 Å². The molecular weight excluding hydrogens is 419 g/mol. The van der Waals surface area contributed by atoms with E-state index in [1.165, 1.54) is 11.3 Å². The number of likely N-dealkylation sites (tertiary alicyclic amines) is 1. The minimum Gasteiger partial charge on any atom is -0.341 e. The van der Waals surface area contributed by atoms with Gasteiger partial charge in [0.1, 0.15) is 11.1 Å². The molecule has 1 fully saturated rings. The molecule has 2 atom stereocenters. The fourth-order valence-electron chi connectivity index (χ4n) is 3.60. The molecule has 0 saturated carbocycles. The lowest BCUT2D eigenvalue weighted by atomic mass is 9.92.